The van der Waals surface area contributed by atoms with Gasteiger partial charge in [0.25, 0.3) is 0 Å². The van der Waals surface area contributed by atoms with Gasteiger partial charge in [-0.2, -0.15) is 0 Å². The third-order valence-corrected chi connectivity index (χ3v) is 4.83. The molecular weight excluding hydrogens is 318 g/mol. The highest BCUT2D eigenvalue weighted by Gasteiger charge is 2.15. The first-order chi connectivity index (χ1) is 11.8. The Labute approximate surface area is 146 Å². The lowest BCUT2D eigenvalue weighted by Gasteiger charge is -2.06. The molecule has 0 saturated heterocycles. The normalized spacial score (nSPS) is 15.9. The molecule has 0 bridgehead atoms. The van der Waals surface area contributed by atoms with Gasteiger partial charge in [-0.3, -0.25) is 0 Å². The van der Waals surface area contributed by atoms with Crippen LogP contribution in [0.25, 0.3) is 6.08 Å². The maximum absolute atomic E-state index is 11.9. The zero-order valence-corrected chi connectivity index (χ0v) is 14.2. The van der Waals surface area contributed by atoms with Gasteiger partial charge in [-0.25, -0.2) is 4.79 Å². The summed E-state index contributed by atoms with van der Waals surface area (Å²) in [6.07, 6.45) is 5.78. The van der Waals surface area contributed by atoms with Gasteiger partial charge in [-0.05, 0) is 30.2 Å². The number of oxime groups is 1. The van der Waals surface area contributed by atoms with Crippen molar-refractivity contribution in [1.29, 1.82) is 0 Å². The van der Waals surface area contributed by atoms with Crippen molar-refractivity contribution < 1.29 is 9.63 Å². The summed E-state index contributed by atoms with van der Waals surface area (Å²) in [7, 11) is 0. The Hall–Kier alpha value is -2.33. The van der Waals surface area contributed by atoms with E-state index in [1.165, 1.54) is 4.90 Å². The molecule has 0 aliphatic carbocycles. The molecule has 0 radical (unpaired) electrons. The van der Waals surface area contributed by atoms with Gasteiger partial charge in [0, 0.05) is 10.5 Å². The zero-order chi connectivity index (χ0) is 16.6. The van der Waals surface area contributed by atoms with Crippen molar-refractivity contribution in [3.8, 4) is 0 Å². The Morgan fingerprint density at radius 2 is 1.92 bits per heavy atom. The number of hydrogen-bond donors (Lipinski definition) is 0. The molecule has 2 aromatic rings. The molecule has 3 nitrogen and oxygen atoms in total. The summed E-state index contributed by atoms with van der Waals surface area (Å²) in [6.45, 7) is 0. The van der Waals surface area contributed by atoms with E-state index in [2.05, 4.69) is 11.2 Å². The van der Waals surface area contributed by atoms with Crippen LogP contribution in [0.3, 0.4) is 0 Å². The highest BCUT2D eigenvalue weighted by Crippen LogP contribution is 2.29. The third kappa shape index (κ3) is 4.59. The second-order valence-corrected chi connectivity index (χ2v) is 6.60. The van der Waals surface area contributed by atoms with E-state index >= 15 is 0 Å². The van der Waals surface area contributed by atoms with Gasteiger partial charge in [0.05, 0.1) is 12.1 Å². The minimum absolute atomic E-state index is 0.210. The van der Waals surface area contributed by atoms with E-state index in [0.29, 0.717) is 0 Å². The molecule has 4 heteroatoms. The lowest BCUT2D eigenvalue weighted by Crippen LogP contribution is -2.05. The molecule has 2 aromatic carbocycles. The van der Waals surface area contributed by atoms with E-state index in [-0.39, 0.29) is 12.4 Å². The molecule has 122 valence electrons. The molecular formula is C20H19NO2S. The number of carbonyl (C=O) groups excluding carboxylic acids is 1. The van der Waals surface area contributed by atoms with Gasteiger partial charge in [0.2, 0.25) is 0 Å². The number of benzene rings is 2. The van der Waals surface area contributed by atoms with E-state index < -0.39 is 0 Å². The summed E-state index contributed by atoms with van der Waals surface area (Å²) in [6, 6.07) is 18.0. The van der Waals surface area contributed by atoms with Gasteiger partial charge < -0.3 is 4.84 Å². The minimum atomic E-state index is -0.343. The highest BCUT2D eigenvalue weighted by atomic mass is 32.2. The van der Waals surface area contributed by atoms with Crippen molar-refractivity contribution in [3.63, 3.8) is 0 Å². The summed E-state index contributed by atoms with van der Waals surface area (Å²) < 4.78 is 0. The topological polar surface area (TPSA) is 38.7 Å². The number of fused-ring (bicyclic) bond motifs is 1. The molecule has 1 aliphatic heterocycles. The molecule has 0 aromatic heterocycles. The molecule has 0 spiro atoms. The van der Waals surface area contributed by atoms with Crippen LogP contribution in [0.15, 0.2) is 70.7 Å². The van der Waals surface area contributed by atoms with Crippen LogP contribution in [-0.4, -0.2) is 17.4 Å². The summed E-state index contributed by atoms with van der Waals surface area (Å²) in [5.74, 6) is 0.716. The van der Waals surface area contributed by atoms with Gasteiger partial charge >= 0.3 is 5.97 Å². The molecule has 1 aliphatic rings. The average molecular weight is 337 g/mol. The second kappa shape index (κ2) is 8.50. The van der Waals surface area contributed by atoms with Crippen LogP contribution < -0.4 is 0 Å². The summed E-state index contributed by atoms with van der Waals surface area (Å²) in [4.78, 5) is 18.2. The number of nitrogens with zero attached hydrogens (tertiary/aromatic N) is 1. The van der Waals surface area contributed by atoms with Crippen molar-refractivity contribution in [1.82, 2.24) is 0 Å². The van der Waals surface area contributed by atoms with E-state index in [0.717, 1.165) is 35.4 Å². The van der Waals surface area contributed by atoms with Gasteiger partial charge in [0.15, 0.2) is 0 Å². The highest BCUT2D eigenvalue weighted by molar-refractivity contribution is 7.99. The predicted octanol–water partition coefficient (Wildman–Crippen LogP) is 4.92. The Morgan fingerprint density at radius 3 is 2.79 bits per heavy atom. The summed E-state index contributed by atoms with van der Waals surface area (Å²) in [5, 5.41) is 4.13. The van der Waals surface area contributed by atoms with E-state index in [1.807, 2.05) is 66.4 Å². The Morgan fingerprint density at radius 1 is 1.12 bits per heavy atom. The molecule has 3 rings (SSSR count). The number of hydrogen-bond acceptors (Lipinski definition) is 4. The van der Waals surface area contributed by atoms with Crippen LogP contribution in [0.4, 0.5) is 0 Å². The molecule has 1 heterocycles. The van der Waals surface area contributed by atoms with Gasteiger partial charge in [-0.15, -0.1) is 11.8 Å². The van der Waals surface area contributed by atoms with Crippen LogP contribution >= 0.6 is 11.8 Å². The molecule has 0 unspecified atom stereocenters. The molecule has 0 atom stereocenters. The smallest absolute Gasteiger partial charge is 0.318 e. The van der Waals surface area contributed by atoms with Gasteiger partial charge in [-0.1, -0.05) is 65.8 Å². The van der Waals surface area contributed by atoms with Crippen molar-refractivity contribution in [2.45, 2.75) is 24.2 Å². The lowest BCUT2D eigenvalue weighted by atomic mass is 10.1. The number of rotatable bonds is 4. The zero-order valence-electron chi connectivity index (χ0n) is 13.4. The van der Waals surface area contributed by atoms with Crippen molar-refractivity contribution in [2.24, 2.45) is 5.16 Å². The van der Waals surface area contributed by atoms with E-state index in [9.17, 15) is 4.79 Å². The van der Waals surface area contributed by atoms with Crippen LogP contribution in [0.5, 0.6) is 0 Å². The van der Waals surface area contributed by atoms with Crippen LogP contribution in [0.2, 0.25) is 0 Å². The summed E-state index contributed by atoms with van der Waals surface area (Å²) >= 11 is 1.83. The van der Waals surface area contributed by atoms with Crippen LogP contribution in [-0.2, 0) is 9.63 Å². The van der Waals surface area contributed by atoms with Gasteiger partial charge in [0.1, 0.15) is 0 Å². The van der Waals surface area contributed by atoms with Crippen molar-refractivity contribution in [2.75, 3.05) is 5.75 Å². The largest absolute Gasteiger partial charge is 0.338 e. The molecule has 0 fully saturated rings. The minimum Gasteiger partial charge on any atom is -0.318 e. The quantitative estimate of drug-likeness (QED) is 0.587. The molecule has 0 amide bonds. The molecule has 0 N–H and O–H groups in total. The van der Waals surface area contributed by atoms with Crippen LogP contribution in [0.1, 0.15) is 30.4 Å². The Bertz CT molecular complexity index is 753. The number of carbonyl (C=O) groups is 1. The van der Waals surface area contributed by atoms with E-state index in [1.54, 1.807) is 6.08 Å². The first kappa shape index (κ1) is 16.5. The first-order valence-electron chi connectivity index (χ1n) is 8.03. The average Bonchev–Trinajstić information content (AvgIpc) is 2.83. The second-order valence-electron chi connectivity index (χ2n) is 5.47. The third-order valence-electron chi connectivity index (χ3n) is 3.67. The maximum atomic E-state index is 11.9. The van der Waals surface area contributed by atoms with Crippen molar-refractivity contribution >= 4 is 29.5 Å². The predicted molar refractivity (Wildman–Crippen MR) is 99.1 cm³/mol. The standard InChI is InChI=1S/C20H19NO2S/c22-20(14-6-10-16-8-2-1-3-9-16)23-21-18-12-7-15-24-19-13-5-4-11-17(18)19/h1-6,8-11,13H,7,12,14-15H2. The van der Waals surface area contributed by atoms with Crippen LogP contribution in [0, 0.1) is 0 Å². The van der Waals surface area contributed by atoms with Crippen molar-refractivity contribution in [3.05, 3.63) is 71.8 Å². The monoisotopic (exact) mass is 337 g/mol. The fourth-order valence-corrected chi connectivity index (χ4v) is 3.51. The fraction of sp³-hybridized carbons (Fsp3) is 0.200. The molecule has 24 heavy (non-hydrogen) atoms. The Balaban J connectivity index is 1.61. The first-order valence-corrected chi connectivity index (χ1v) is 9.02. The lowest BCUT2D eigenvalue weighted by molar-refractivity contribution is -0.142. The Kier molecular flexibility index (Phi) is 5.85. The number of thioether (sulfide) groups is 1. The van der Waals surface area contributed by atoms with E-state index in [4.69, 9.17) is 4.84 Å². The molecule has 0 saturated carbocycles. The SMILES string of the molecule is O=C(CC=Cc1ccccc1)ON=C1CCCSc2ccccc21. The fourth-order valence-electron chi connectivity index (χ4n) is 2.48. The summed E-state index contributed by atoms with van der Waals surface area (Å²) in [5.41, 5.74) is 3.00. The maximum Gasteiger partial charge on any atom is 0.338 e.